The van der Waals surface area contributed by atoms with Gasteiger partial charge in [-0.05, 0) is 52.8 Å². The second-order valence-electron chi connectivity index (χ2n) is 5.19. The number of likely N-dealkylation sites (N-methyl/N-ethyl adjacent to an activating group) is 1. The van der Waals surface area contributed by atoms with Crippen molar-refractivity contribution in [2.24, 2.45) is 0 Å². The first-order valence-corrected chi connectivity index (χ1v) is 6.38. The molecule has 0 radical (unpaired) electrons. The minimum atomic E-state index is 0.268. The van der Waals surface area contributed by atoms with Gasteiger partial charge in [-0.15, -0.1) is 0 Å². The molecule has 1 N–H and O–H groups in total. The zero-order valence-electron chi connectivity index (χ0n) is 11.4. The summed E-state index contributed by atoms with van der Waals surface area (Å²) in [5.41, 5.74) is 1.18. The van der Waals surface area contributed by atoms with Crippen LogP contribution in [0.2, 0.25) is 0 Å². The number of rotatable bonds is 5. The van der Waals surface area contributed by atoms with Gasteiger partial charge in [0.2, 0.25) is 0 Å². The Bertz CT molecular complexity index is 407. The molecule has 0 aliphatic carbocycles. The van der Waals surface area contributed by atoms with Gasteiger partial charge in [-0.1, -0.05) is 0 Å². The van der Waals surface area contributed by atoms with E-state index >= 15 is 0 Å². The summed E-state index contributed by atoms with van der Waals surface area (Å²) in [5, 5.41) is 9.42. The van der Waals surface area contributed by atoms with Gasteiger partial charge in [-0.2, -0.15) is 0 Å². The summed E-state index contributed by atoms with van der Waals surface area (Å²) in [6.07, 6.45) is 1.15. The SMILES string of the molecule is CN(C)CCCN(C)C1COc2cc(O)ccc21. The van der Waals surface area contributed by atoms with E-state index in [1.807, 2.05) is 6.07 Å². The van der Waals surface area contributed by atoms with Crippen LogP contribution in [0.25, 0.3) is 0 Å². The molecule has 0 amide bonds. The maximum atomic E-state index is 9.42. The Morgan fingerprint density at radius 2 is 2.06 bits per heavy atom. The number of phenols is 1. The second kappa shape index (κ2) is 5.59. The molecule has 1 aromatic carbocycles. The molecule has 1 aliphatic rings. The van der Waals surface area contributed by atoms with Gasteiger partial charge in [0.15, 0.2) is 0 Å². The Labute approximate surface area is 109 Å². The van der Waals surface area contributed by atoms with Gasteiger partial charge >= 0.3 is 0 Å². The molecule has 4 nitrogen and oxygen atoms in total. The van der Waals surface area contributed by atoms with Crippen LogP contribution in [0, 0.1) is 0 Å². The lowest BCUT2D eigenvalue weighted by atomic mass is 10.1. The van der Waals surface area contributed by atoms with Crippen molar-refractivity contribution in [3.05, 3.63) is 23.8 Å². The average Bonchev–Trinajstić information content (AvgIpc) is 2.71. The molecule has 1 unspecified atom stereocenters. The van der Waals surface area contributed by atoms with Crippen LogP contribution in [0.15, 0.2) is 18.2 Å². The van der Waals surface area contributed by atoms with E-state index in [1.165, 1.54) is 5.56 Å². The lowest BCUT2D eigenvalue weighted by Gasteiger charge is -2.24. The Balaban J connectivity index is 1.95. The van der Waals surface area contributed by atoms with E-state index in [0.717, 1.165) is 25.3 Å². The highest BCUT2D eigenvalue weighted by Crippen LogP contribution is 2.37. The molecular formula is C14H22N2O2. The molecule has 18 heavy (non-hydrogen) atoms. The van der Waals surface area contributed by atoms with Crippen molar-refractivity contribution < 1.29 is 9.84 Å². The van der Waals surface area contributed by atoms with Crippen LogP contribution in [0.4, 0.5) is 0 Å². The van der Waals surface area contributed by atoms with Crippen molar-refractivity contribution in [3.63, 3.8) is 0 Å². The lowest BCUT2D eigenvalue weighted by Crippen LogP contribution is -2.28. The first kappa shape index (κ1) is 13.2. The summed E-state index contributed by atoms with van der Waals surface area (Å²) in [7, 11) is 6.32. The van der Waals surface area contributed by atoms with Crippen LogP contribution >= 0.6 is 0 Å². The molecule has 0 spiro atoms. The zero-order chi connectivity index (χ0) is 13.1. The smallest absolute Gasteiger partial charge is 0.127 e. The first-order chi connectivity index (χ1) is 8.58. The highest BCUT2D eigenvalue weighted by molar-refractivity contribution is 5.44. The molecule has 1 heterocycles. The van der Waals surface area contributed by atoms with Crippen LogP contribution in [-0.2, 0) is 0 Å². The molecule has 2 rings (SSSR count). The zero-order valence-corrected chi connectivity index (χ0v) is 11.4. The van der Waals surface area contributed by atoms with Gasteiger partial charge in [-0.3, -0.25) is 4.90 Å². The van der Waals surface area contributed by atoms with Crippen molar-refractivity contribution in [2.45, 2.75) is 12.5 Å². The van der Waals surface area contributed by atoms with Crippen molar-refractivity contribution in [1.29, 1.82) is 0 Å². The molecular weight excluding hydrogens is 228 g/mol. The fourth-order valence-corrected chi connectivity index (χ4v) is 2.34. The molecule has 0 bridgehead atoms. The van der Waals surface area contributed by atoms with E-state index in [9.17, 15) is 5.11 Å². The van der Waals surface area contributed by atoms with E-state index in [-0.39, 0.29) is 5.75 Å². The molecule has 0 saturated carbocycles. The van der Waals surface area contributed by atoms with Crippen LogP contribution in [-0.4, -0.2) is 55.7 Å². The van der Waals surface area contributed by atoms with Gasteiger partial charge in [0.1, 0.15) is 18.1 Å². The second-order valence-corrected chi connectivity index (χ2v) is 5.19. The fourth-order valence-electron chi connectivity index (χ4n) is 2.34. The maximum absolute atomic E-state index is 9.42. The predicted octanol–water partition coefficient (Wildman–Crippen LogP) is 1.71. The van der Waals surface area contributed by atoms with Crippen LogP contribution in [0.5, 0.6) is 11.5 Å². The normalized spacial score (nSPS) is 18.2. The quantitative estimate of drug-likeness (QED) is 0.863. The molecule has 100 valence electrons. The number of ether oxygens (including phenoxy) is 1. The number of hydrogen-bond donors (Lipinski definition) is 1. The number of fused-ring (bicyclic) bond motifs is 1. The Morgan fingerprint density at radius 1 is 1.28 bits per heavy atom. The van der Waals surface area contributed by atoms with Crippen molar-refractivity contribution in [2.75, 3.05) is 40.8 Å². The highest BCUT2D eigenvalue weighted by Gasteiger charge is 2.27. The Morgan fingerprint density at radius 3 is 2.78 bits per heavy atom. The predicted molar refractivity (Wildman–Crippen MR) is 72.1 cm³/mol. The molecule has 1 aromatic rings. The third-order valence-corrected chi connectivity index (χ3v) is 3.40. The van der Waals surface area contributed by atoms with Gasteiger partial charge in [0.25, 0.3) is 0 Å². The summed E-state index contributed by atoms with van der Waals surface area (Å²) < 4.78 is 5.63. The van der Waals surface area contributed by atoms with E-state index in [1.54, 1.807) is 12.1 Å². The molecule has 0 fully saturated rings. The molecule has 0 saturated heterocycles. The number of nitrogens with zero attached hydrogens (tertiary/aromatic N) is 2. The molecule has 0 aromatic heterocycles. The Kier molecular flexibility index (Phi) is 4.09. The molecule has 1 aliphatic heterocycles. The van der Waals surface area contributed by atoms with Crippen molar-refractivity contribution >= 4 is 0 Å². The summed E-state index contributed by atoms with van der Waals surface area (Å²) in [4.78, 5) is 4.53. The number of hydrogen-bond acceptors (Lipinski definition) is 4. The topological polar surface area (TPSA) is 35.9 Å². The summed E-state index contributed by atoms with van der Waals surface area (Å²) >= 11 is 0. The number of phenolic OH excluding ortho intramolecular Hbond substituents is 1. The van der Waals surface area contributed by atoms with Gasteiger partial charge in [-0.25, -0.2) is 0 Å². The van der Waals surface area contributed by atoms with Crippen LogP contribution < -0.4 is 4.74 Å². The van der Waals surface area contributed by atoms with E-state index in [0.29, 0.717) is 12.6 Å². The van der Waals surface area contributed by atoms with E-state index in [4.69, 9.17) is 4.74 Å². The highest BCUT2D eigenvalue weighted by atomic mass is 16.5. The Hall–Kier alpha value is -1.26. The summed E-state index contributed by atoms with van der Waals surface area (Å²) in [6, 6.07) is 5.70. The summed E-state index contributed by atoms with van der Waals surface area (Å²) in [5.74, 6) is 1.09. The van der Waals surface area contributed by atoms with Crippen molar-refractivity contribution in [3.8, 4) is 11.5 Å². The van der Waals surface area contributed by atoms with E-state index < -0.39 is 0 Å². The maximum Gasteiger partial charge on any atom is 0.127 e. The minimum Gasteiger partial charge on any atom is -0.508 e. The molecule has 4 heteroatoms. The average molecular weight is 250 g/mol. The first-order valence-electron chi connectivity index (χ1n) is 6.38. The monoisotopic (exact) mass is 250 g/mol. The number of aromatic hydroxyl groups is 1. The van der Waals surface area contributed by atoms with E-state index in [2.05, 4.69) is 30.9 Å². The van der Waals surface area contributed by atoms with Gasteiger partial charge in [0.05, 0.1) is 6.04 Å². The van der Waals surface area contributed by atoms with Gasteiger partial charge in [0, 0.05) is 11.6 Å². The summed E-state index contributed by atoms with van der Waals surface area (Å²) in [6.45, 7) is 2.82. The number of benzene rings is 1. The molecule has 1 atom stereocenters. The standard InChI is InChI=1S/C14H22N2O2/c1-15(2)7-4-8-16(3)13-10-18-14-9-11(17)5-6-12(13)14/h5-6,9,13,17H,4,7-8,10H2,1-3H3. The fraction of sp³-hybridized carbons (Fsp3) is 0.571. The van der Waals surface area contributed by atoms with Crippen LogP contribution in [0.3, 0.4) is 0 Å². The third kappa shape index (κ3) is 2.94. The lowest BCUT2D eigenvalue weighted by molar-refractivity contribution is 0.189. The van der Waals surface area contributed by atoms with Gasteiger partial charge < -0.3 is 14.7 Å². The van der Waals surface area contributed by atoms with Crippen molar-refractivity contribution in [1.82, 2.24) is 9.80 Å². The minimum absolute atomic E-state index is 0.268. The third-order valence-electron chi connectivity index (χ3n) is 3.40. The largest absolute Gasteiger partial charge is 0.508 e. The van der Waals surface area contributed by atoms with Crippen LogP contribution in [0.1, 0.15) is 18.0 Å².